The number of hydrogen-bond acceptors (Lipinski definition) is 1. The normalized spacial score (nSPS) is 52.2. The Bertz CT molecular complexity index is 422. The first kappa shape index (κ1) is 15.5. The van der Waals surface area contributed by atoms with E-state index in [2.05, 4.69) is 39.6 Å². The van der Waals surface area contributed by atoms with E-state index in [0.717, 1.165) is 47.6 Å². The fraction of sp³-hybridized carbons (Fsp3) is 1.00. The maximum absolute atomic E-state index is 2.89. The molecule has 4 rings (SSSR count). The van der Waals surface area contributed by atoms with Gasteiger partial charge in [-0.05, 0) is 80.1 Å². The molecule has 126 valence electrons. The zero-order chi connectivity index (χ0) is 15.6. The second-order valence-electron chi connectivity index (χ2n) is 10.3. The molecule has 0 bridgehead atoms. The Morgan fingerprint density at radius 3 is 2.23 bits per heavy atom. The Morgan fingerprint density at radius 1 is 0.864 bits per heavy atom. The maximum atomic E-state index is 2.89. The summed E-state index contributed by atoms with van der Waals surface area (Å²) in [6, 6.07) is 1.85. The van der Waals surface area contributed by atoms with Crippen LogP contribution in [0.4, 0.5) is 0 Å². The first-order chi connectivity index (χ1) is 10.4. The average molecular weight is 304 g/mol. The number of rotatable bonds is 0. The molecule has 0 radical (unpaired) electrons. The van der Waals surface area contributed by atoms with Crippen molar-refractivity contribution >= 4 is 0 Å². The van der Waals surface area contributed by atoms with Crippen LogP contribution in [0.3, 0.4) is 0 Å². The highest BCUT2D eigenvalue weighted by Crippen LogP contribution is 2.61. The van der Waals surface area contributed by atoms with Crippen molar-refractivity contribution in [3.63, 3.8) is 0 Å². The summed E-state index contributed by atoms with van der Waals surface area (Å²) in [4.78, 5) is 2.89. The van der Waals surface area contributed by atoms with Crippen LogP contribution >= 0.6 is 0 Å². The first-order valence-corrected chi connectivity index (χ1v) is 10.1. The molecule has 1 heteroatoms. The molecule has 4 fully saturated rings. The van der Waals surface area contributed by atoms with Gasteiger partial charge in [-0.3, -0.25) is 4.90 Å². The molecule has 0 N–H and O–H groups in total. The Hall–Kier alpha value is -0.0400. The van der Waals surface area contributed by atoms with Crippen LogP contribution in [-0.2, 0) is 0 Å². The molecule has 1 saturated heterocycles. The largest absolute Gasteiger partial charge is 0.300 e. The third-order valence-corrected chi connectivity index (χ3v) is 8.56. The minimum absolute atomic E-state index is 0.510. The molecule has 0 aromatic carbocycles. The van der Waals surface area contributed by atoms with Gasteiger partial charge in [-0.2, -0.15) is 0 Å². The Balaban J connectivity index is 1.61. The molecule has 1 heterocycles. The van der Waals surface area contributed by atoms with Gasteiger partial charge >= 0.3 is 0 Å². The van der Waals surface area contributed by atoms with Crippen LogP contribution < -0.4 is 0 Å². The summed E-state index contributed by atoms with van der Waals surface area (Å²) in [5, 5.41) is 0. The second kappa shape index (κ2) is 5.23. The van der Waals surface area contributed by atoms with Crippen LogP contribution in [0.2, 0.25) is 0 Å². The fourth-order valence-corrected chi connectivity index (χ4v) is 7.48. The highest BCUT2D eigenvalue weighted by atomic mass is 15.2. The van der Waals surface area contributed by atoms with Crippen LogP contribution in [0.5, 0.6) is 0 Å². The van der Waals surface area contributed by atoms with Gasteiger partial charge in [0.15, 0.2) is 0 Å². The van der Waals surface area contributed by atoms with Gasteiger partial charge in [-0.15, -0.1) is 0 Å². The number of nitrogens with zero attached hydrogens (tertiary/aromatic N) is 1. The Kier molecular flexibility index (Phi) is 3.68. The van der Waals surface area contributed by atoms with Crippen LogP contribution in [0.1, 0.15) is 72.6 Å². The molecule has 0 spiro atoms. The minimum atomic E-state index is 0.510. The van der Waals surface area contributed by atoms with Gasteiger partial charge in [0.2, 0.25) is 0 Å². The predicted molar refractivity (Wildman–Crippen MR) is 93.7 cm³/mol. The van der Waals surface area contributed by atoms with E-state index in [-0.39, 0.29) is 0 Å². The summed E-state index contributed by atoms with van der Waals surface area (Å²) < 4.78 is 0. The molecule has 0 aromatic heterocycles. The Labute approximate surface area is 138 Å². The van der Waals surface area contributed by atoms with Crippen LogP contribution in [0.15, 0.2) is 0 Å². The first-order valence-electron chi connectivity index (χ1n) is 10.1. The highest BCUT2D eigenvalue weighted by Gasteiger charge is 2.60. The SMILES string of the molecule is CC1C2CCCCC2C2C1C1CC(C(C)(C)C)CCC1N2C. The summed E-state index contributed by atoms with van der Waals surface area (Å²) in [6.07, 6.45) is 10.5. The lowest BCUT2D eigenvalue weighted by molar-refractivity contribution is 0.0638. The van der Waals surface area contributed by atoms with Crippen LogP contribution in [-0.4, -0.2) is 24.0 Å². The van der Waals surface area contributed by atoms with Gasteiger partial charge in [0.25, 0.3) is 0 Å². The topological polar surface area (TPSA) is 3.24 Å². The zero-order valence-corrected chi connectivity index (χ0v) is 15.5. The van der Waals surface area contributed by atoms with E-state index in [4.69, 9.17) is 0 Å². The summed E-state index contributed by atoms with van der Waals surface area (Å²) in [5.41, 5.74) is 0.510. The molecule has 4 aliphatic rings. The van der Waals surface area contributed by atoms with Crippen molar-refractivity contribution in [2.45, 2.75) is 84.7 Å². The van der Waals surface area contributed by atoms with E-state index >= 15 is 0 Å². The lowest BCUT2D eigenvalue weighted by Gasteiger charge is -2.43. The van der Waals surface area contributed by atoms with Gasteiger partial charge in [-0.25, -0.2) is 0 Å². The van der Waals surface area contributed by atoms with E-state index < -0.39 is 0 Å². The number of likely N-dealkylation sites (tertiary alicyclic amines) is 1. The van der Waals surface area contributed by atoms with Crippen molar-refractivity contribution in [2.75, 3.05) is 7.05 Å². The average Bonchev–Trinajstić information content (AvgIpc) is 2.94. The lowest BCUT2D eigenvalue weighted by Crippen LogP contribution is -2.42. The zero-order valence-electron chi connectivity index (χ0n) is 15.5. The quantitative estimate of drug-likeness (QED) is 0.594. The molecule has 0 amide bonds. The van der Waals surface area contributed by atoms with E-state index in [1.54, 1.807) is 0 Å². The fourth-order valence-electron chi connectivity index (χ4n) is 7.48. The van der Waals surface area contributed by atoms with E-state index in [1.807, 2.05) is 0 Å². The van der Waals surface area contributed by atoms with Crippen LogP contribution in [0.25, 0.3) is 0 Å². The molecule has 8 unspecified atom stereocenters. The van der Waals surface area contributed by atoms with Gasteiger partial charge in [0.05, 0.1) is 0 Å². The van der Waals surface area contributed by atoms with Crippen molar-refractivity contribution < 1.29 is 0 Å². The molecule has 1 aliphatic heterocycles. The van der Waals surface area contributed by atoms with Crippen molar-refractivity contribution in [1.82, 2.24) is 4.90 Å². The predicted octanol–water partition coefficient (Wildman–Crippen LogP) is 5.20. The van der Waals surface area contributed by atoms with E-state index in [9.17, 15) is 0 Å². The van der Waals surface area contributed by atoms with Gasteiger partial charge in [-0.1, -0.05) is 40.5 Å². The van der Waals surface area contributed by atoms with Gasteiger partial charge < -0.3 is 0 Å². The summed E-state index contributed by atoms with van der Waals surface area (Å²) in [6.45, 7) is 10.1. The minimum Gasteiger partial charge on any atom is -0.300 e. The van der Waals surface area contributed by atoms with Crippen molar-refractivity contribution in [3.05, 3.63) is 0 Å². The molecule has 22 heavy (non-hydrogen) atoms. The van der Waals surface area contributed by atoms with E-state index in [1.165, 1.54) is 44.9 Å². The molecule has 0 aromatic rings. The van der Waals surface area contributed by atoms with Crippen molar-refractivity contribution in [2.24, 2.45) is 40.9 Å². The monoisotopic (exact) mass is 303 g/mol. The standard InChI is InChI=1S/C21H37N/c1-13-15-8-6-7-9-16(15)20-19(13)17-12-14(21(2,3)4)10-11-18(17)22(20)5/h13-20H,6-12H2,1-5H3. The molecular weight excluding hydrogens is 266 g/mol. The molecule has 1 nitrogen and oxygen atoms in total. The van der Waals surface area contributed by atoms with Crippen LogP contribution in [0, 0.1) is 40.9 Å². The van der Waals surface area contributed by atoms with Gasteiger partial charge in [0, 0.05) is 12.1 Å². The molecule has 8 atom stereocenters. The third kappa shape index (κ3) is 2.14. The maximum Gasteiger partial charge on any atom is 0.0160 e. The highest BCUT2D eigenvalue weighted by molar-refractivity contribution is 5.12. The lowest BCUT2D eigenvalue weighted by atomic mass is 9.64. The third-order valence-electron chi connectivity index (χ3n) is 8.56. The molecule has 3 aliphatic carbocycles. The molecule has 3 saturated carbocycles. The smallest absolute Gasteiger partial charge is 0.0160 e. The Morgan fingerprint density at radius 2 is 1.55 bits per heavy atom. The number of fused-ring (bicyclic) bond motifs is 5. The summed E-state index contributed by atoms with van der Waals surface area (Å²) >= 11 is 0. The molecular formula is C21H37N. The van der Waals surface area contributed by atoms with E-state index in [0.29, 0.717) is 5.41 Å². The van der Waals surface area contributed by atoms with Crippen molar-refractivity contribution in [3.8, 4) is 0 Å². The summed E-state index contributed by atoms with van der Waals surface area (Å²) in [7, 11) is 2.49. The summed E-state index contributed by atoms with van der Waals surface area (Å²) in [5.74, 6) is 6.07. The second-order valence-corrected chi connectivity index (χ2v) is 10.3. The number of hydrogen-bond donors (Lipinski definition) is 0. The van der Waals surface area contributed by atoms with Crippen molar-refractivity contribution in [1.29, 1.82) is 0 Å². The van der Waals surface area contributed by atoms with Gasteiger partial charge in [0.1, 0.15) is 0 Å².